The van der Waals surface area contributed by atoms with Crippen LogP contribution in [0.25, 0.3) is 0 Å². The van der Waals surface area contributed by atoms with Crippen LogP contribution in [-0.2, 0) is 11.2 Å². The molecule has 2 fully saturated rings. The third-order valence-electron chi connectivity index (χ3n) is 7.65. The number of carbonyl (C=O) groups excluding carboxylic acids is 1. The number of rotatable bonds is 5. The van der Waals surface area contributed by atoms with Crippen LogP contribution in [0.5, 0.6) is 0 Å². The average Bonchev–Trinajstić information content (AvgIpc) is 3.13. The summed E-state index contributed by atoms with van der Waals surface area (Å²) in [4.78, 5) is 28.2. The van der Waals surface area contributed by atoms with Crippen molar-refractivity contribution in [3.05, 3.63) is 35.8 Å². The van der Waals surface area contributed by atoms with Gasteiger partial charge in [-0.3, -0.25) is 4.79 Å². The second-order valence-corrected chi connectivity index (χ2v) is 10.1. The highest BCUT2D eigenvalue weighted by Crippen LogP contribution is 2.42. The summed E-state index contributed by atoms with van der Waals surface area (Å²) in [5, 5.41) is 3.16. The van der Waals surface area contributed by atoms with E-state index >= 15 is 0 Å². The lowest BCUT2D eigenvalue weighted by atomic mass is 9.89. The third kappa shape index (κ3) is 4.17. The predicted molar refractivity (Wildman–Crippen MR) is 132 cm³/mol. The van der Waals surface area contributed by atoms with Crippen molar-refractivity contribution in [1.29, 1.82) is 0 Å². The highest BCUT2D eigenvalue weighted by molar-refractivity contribution is 5.91. The fourth-order valence-corrected chi connectivity index (χ4v) is 5.62. The molecule has 2 aliphatic heterocycles. The maximum atomic E-state index is 15.0. The molecule has 1 aliphatic carbocycles. The van der Waals surface area contributed by atoms with Gasteiger partial charge in [0.25, 0.3) is 0 Å². The van der Waals surface area contributed by atoms with Crippen LogP contribution < -0.4 is 20.9 Å². The molecule has 1 amide bonds. The number of nitrogens with one attached hydrogen (secondary N) is 1. The molecule has 0 spiro atoms. The quantitative estimate of drug-likeness (QED) is 0.698. The molecule has 182 valence electrons. The number of likely N-dealkylation sites (N-methyl/N-ethyl adjacent to an activating group) is 1. The molecule has 34 heavy (non-hydrogen) atoms. The Hall–Kier alpha value is -2.94. The van der Waals surface area contributed by atoms with E-state index in [9.17, 15) is 9.18 Å². The first-order chi connectivity index (χ1) is 16.3. The summed E-state index contributed by atoms with van der Waals surface area (Å²) >= 11 is 0. The van der Waals surface area contributed by atoms with Gasteiger partial charge in [0.15, 0.2) is 0 Å². The molecule has 1 saturated carbocycles. The molecule has 1 saturated heterocycles. The summed E-state index contributed by atoms with van der Waals surface area (Å²) in [6.45, 7) is 5.37. The molecule has 8 nitrogen and oxygen atoms in total. The van der Waals surface area contributed by atoms with Crippen molar-refractivity contribution in [2.24, 2.45) is 5.73 Å². The standard InChI is InChI=1S/C25H34FN7O/c1-25(23(27)34)15-17-16-28-24(30-22(17)33(25)19-6-4-3-5-7-19)29-18-8-9-21(20(26)14-18)32-12-10-31(2)11-13-32/h8-9,14,16,19H,3-7,10-13,15H2,1-2H3,(H2,27,34)(H,28,29,30). The molecule has 5 rings (SSSR count). The molecular weight excluding hydrogens is 433 g/mol. The molecule has 0 bridgehead atoms. The summed E-state index contributed by atoms with van der Waals surface area (Å²) in [6, 6.07) is 5.40. The second-order valence-electron chi connectivity index (χ2n) is 10.1. The highest BCUT2D eigenvalue weighted by Gasteiger charge is 2.48. The summed E-state index contributed by atoms with van der Waals surface area (Å²) in [5.74, 6) is 0.549. The SMILES string of the molecule is CN1CCN(c2ccc(Nc3ncc4c(n3)N(C3CCCCC3)C(C)(C(N)=O)C4)cc2F)CC1. The maximum Gasteiger partial charge on any atom is 0.243 e. The van der Waals surface area contributed by atoms with Crippen molar-refractivity contribution in [2.75, 3.05) is 48.3 Å². The Kier molecular flexibility index (Phi) is 6.06. The van der Waals surface area contributed by atoms with Gasteiger partial charge in [-0.25, -0.2) is 9.37 Å². The van der Waals surface area contributed by atoms with E-state index in [1.54, 1.807) is 6.20 Å². The van der Waals surface area contributed by atoms with E-state index in [4.69, 9.17) is 10.7 Å². The van der Waals surface area contributed by atoms with Gasteiger partial charge >= 0.3 is 0 Å². The zero-order valence-corrected chi connectivity index (χ0v) is 20.1. The van der Waals surface area contributed by atoms with Crippen LogP contribution in [0.3, 0.4) is 0 Å². The van der Waals surface area contributed by atoms with E-state index in [1.165, 1.54) is 12.5 Å². The van der Waals surface area contributed by atoms with E-state index in [2.05, 4.69) is 32.0 Å². The molecule has 3 heterocycles. The Morgan fingerprint density at radius 3 is 2.59 bits per heavy atom. The molecule has 1 aromatic carbocycles. The average molecular weight is 468 g/mol. The first-order valence-corrected chi connectivity index (χ1v) is 12.3. The number of carbonyl (C=O) groups is 1. The first-order valence-electron chi connectivity index (χ1n) is 12.3. The minimum atomic E-state index is -0.812. The number of primary amides is 1. The van der Waals surface area contributed by atoms with Crippen molar-refractivity contribution in [3.63, 3.8) is 0 Å². The van der Waals surface area contributed by atoms with Crippen LogP contribution in [0.1, 0.15) is 44.6 Å². The topological polar surface area (TPSA) is 90.6 Å². The highest BCUT2D eigenvalue weighted by atomic mass is 19.1. The lowest BCUT2D eigenvalue weighted by Crippen LogP contribution is -2.58. The van der Waals surface area contributed by atoms with Crippen molar-refractivity contribution in [3.8, 4) is 0 Å². The number of hydrogen-bond donors (Lipinski definition) is 2. The lowest BCUT2D eigenvalue weighted by Gasteiger charge is -2.41. The smallest absolute Gasteiger partial charge is 0.243 e. The van der Waals surface area contributed by atoms with Crippen LogP contribution in [-0.4, -0.2) is 65.6 Å². The van der Waals surface area contributed by atoms with Crippen LogP contribution in [0.4, 0.5) is 27.5 Å². The number of benzene rings is 1. The summed E-state index contributed by atoms with van der Waals surface area (Å²) in [5.41, 5.74) is 7.20. The lowest BCUT2D eigenvalue weighted by molar-refractivity contribution is -0.122. The number of aromatic nitrogens is 2. The minimum absolute atomic E-state index is 0.232. The molecule has 1 aromatic heterocycles. The van der Waals surface area contributed by atoms with Crippen molar-refractivity contribution in [2.45, 2.75) is 57.0 Å². The molecule has 1 unspecified atom stereocenters. The molecule has 1 atom stereocenters. The number of fused-ring (bicyclic) bond motifs is 1. The Morgan fingerprint density at radius 1 is 1.18 bits per heavy atom. The summed E-state index contributed by atoms with van der Waals surface area (Å²) in [6.07, 6.45) is 7.81. The van der Waals surface area contributed by atoms with Gasteiger partial charge in [-0.2, -0.15) is 4.98 Å². The third-order valence-corrected chi connectivity index (χ3v) is 7.65. The van der Waals surface area contributed by atoms with Gasteiger partial charge in [-0.15, -0.1) is 0 Å². The Bertz CT molecular complexity index is 1070. The molecule has 3 N–H and O–H groups in total. The normalized spacial score (nSPS) is 23.7. The molecular formula is C25H34FN7O. The number of nitrogens with two attached hydrogens (primary N) is 1. The number of amides is 1. The first kappa shape index (κ1) is 22.8. The van der Waals surface area contributed by atoms with E-state index in [0.29, 0.717) is 23.7 Å². The second kappa shape index (κ2) is 9.02. The minimum Gasteiger partial charge on any atom is -0.368 e. The van der Waals surface area contributed by atoms with Gasteiger partial charge in [0.05, 0.1) is 5.69 Å². The zero-order chi connectivity index (χ0) is 23.9. The zero-order valence-electron chi connectivity index (χ0n) is 20.1. The van der Waals surface area contributed by atoms with Crippen molar-refractivity contribution >= 4 is 29.0 Å². The van der Waals surface area contributed by atoms with Gasteiger partial charge in [0.1, 0.15) is 17.2 Å². The Labute approximate surface area is 200 Å². The monoisotopic (exact) mass is 467 g/mol. The van der Waals surface area contributed by atoms with Crippen molar-refractivity contribution in [1.82, 2.24) is 14.9 Å². The van der Waals surface area contributed by atoms with E-state index in [0.717, 1.165) is 63.2 Å². The van der Waals surface area contributed by atoms with Crippen LogP contribution in [0.15, 0.2) is 24.4 Å². The largest absolute Gasteiger partial charge is 0.368 e. The van der Waals surface area contributed by atoms with Crippen LogP contribution in [0, 0.1) is 5.82 Å². The molecule has 3 aliphatic rings. The fourth-order valence-electron chi connectivity index (χ4n) is 5.62. The number of nitrogens with zero attached hydrogens (tertiary/aromatic N) is 5. The van der Waals surface area contributed by atoms with E-state index < -0.39 is 5.54 Å². The van der Waals surface area contributed by atoms with Gasteiger partial charge in [0, 0.05) is 56.1 Å². The number of halogens is 1. The predicted octanol–water partition coefficient (Wildman–Crippen LogP) is 3.05. The van der Waals surface area contributed by atoms with Gasteiger partial charge < -0.3 is 25.8 Å². The summed E-state index contributed by atoms with van der Waals surface area (Å²) < 4.78 is 15.0. The molecule has 9 heteroatoms. The van der Waals surface area contributed by atoms with Gasteiger partial charge in [0.2, 0.25) is 11.9 Å². The van der Waals surface area contributed by atoms with Crippen LogP contribution in [0.2, 0.25) is 0 Å². The number of anilines is 4. The Morgan fingerprint density at radius 2 is 1.91 bits per heavy atom. The van der Waals surface area contributed by atoms with Crippen LogP contribution >= 0.6 is 0 Å². The van der Waals surface area contributed by atoms with Crippen molar-refractivity contribution < 1.29 is 9.18 Å². The van der Waals surface area contributed by atoms with Gasteiger partial charge in [-0.1, -0.05) is 19.3 Å². The number of hydrogen-bond acceptors (Lipinski definition) is 7. The molecule has 2 aromatic rings. The van der Waals surface area contributed by atoms with Gasteiger partial charge in [-0.05, 0) is 45.0 Å². The summed E-state index contributed by atoms with van der Waals surface area (Å²) in [7, 11) is 2.08. The number of piperazine rings is 1. The maximum absolute atomic E-state index is 15.0. The van der Waals surface area contributed by atoms with E-state index in [-0.39, 0.29) is 17.8 Å². The Balaban J connectivity index is 1.38. The fraction of sp³-hybridized carbons (Fsp3) is 0.560. The molecule has 0 radical (unpaired) electrons. The van der Waals surface area contributed by atoms with E-state index in [1.807, 2.05) is 19.1 Å².